The maximum atomic E-state index is 2.33. The lowest BCUT2D eigenvalue weighted by Gasteiger charge is -2.18. The van der Waals surface area contributed by atoms with Gasteiger partial charge in [-0.15, -0.1) is 0 Å². The third kappa shape index (κ3) is 2.09. The van der Waals surface area contributed by atoms with Gasteiger partial charge < -0.3 is 0 Å². The van der Waals surface area contributed by atoms with E-state index in [0.717, 1.165) is 6.54 Å². The molecule has 1 aromatic carbocycles. The smallest absolute Gasteiger partial charge is 0.205 e. The van der Waals surface area contributed by atoms with Gasteiger partial charge in [-0.25, -0.2) is 4.57 Å². The number of aryl methyl sites for hydroxylation is 1. The average molecular weight is 302 g/mol. The van der Waals surface area contributed by atoms with Crippen molar-refractivity contribution in [2.75, 3.05) is 0 Å². The Kier molecular flexibility index (Phi) is 3.08. The van der Waals surface area contributed by atoms with E-state index in [1.54, 1.807) is 0 Å². The normalized spacial score (nSPS) is 14.4. The van der Waals surface area contributed by atoms with Crippen molar-refractivity contribution >= 4 is 0 Å². The molecule has 4 rings (SSSR count). The van der Waals surface area contributed by atoms with Crippen molar-refractivity contribution in [2.24, 2.45) is 0 Å². The maximum absolute atomic E-state index is 2.33. The second kappa shape index (κ2) is 5.02. The molecule has 3 aromatic rings. The summed E-state index contributed by atoms with van der Waals surface area (Å²) in [4.78, 5) is 0. The highest BCUT2D eigenvalue weighted by Gasteiger charge is 2.39. The minimum absolute atomic E-state index is 0.0284. The first-order chi connectivity index (χ1) is 11.1. The minimum atomic E-state index is 0.0284. The number of para-hydroxylation sites is 1. The molecule has 2 heterocycles. The van der Waals surface area contributed by atoms with E-state index in [4.69, 9.17) is 0 Å². The minimum Gasteiger partial charge on any atom is -0.205 e. The predicted molar refractivity (Wildman–Crippen MR) is 91.4 cm³/mol. The number of fused-ring (bicyclic) bond motifs is 3. The fourth-order valence-electron chi connectivity index (χ4n) is 3.60. The Morgan fingerprint density at radius 2 is 1.48 bits per heavy atom. The zero-order valence-corrected chi connectivity index (χ0v) is 14.0. The molecule has 1 aliphatic carbocycles. The zero-order valence-electron chi connectivity index (χ0n) is 14.0. The monoisotopic (exact) mass is 302 g/mol. The molecule has 0 saturated carbocycles. The van der Waals surface area contributed by atoms with E-state index in [1.807, 2.05) is 0 Å². The average Bonchev–Trinajstić information content (AvgIpc) is 2.83. The summed E-state index contributed by atoms with van der Waals surface area (Å²) in [5.74, 6) is 0. The largest absolute Gasteiger partial charge is 0.210 e. The highest BCUT2D eigenvalue weighted by Crippen LogP contribution is 2.47. The van der Waals surface area contributed by atoms with Gasteiger partial charge in [0.2, 0.25) is 5.69 Å². The Morgan fingerprint density at radius 3 is 2.17 bits per heavy atom. The fourth-order valence-corrected chi connectivity index (χ4v) is 3.60. The van der Waals surface area contributed by atoms with E-state index in [0.29, 0.717) is 0 Å². The van der Waals surface area contributed by atoms with Crippen LogP contribution in [0.2, 0.25) is 0 Å². The van der Waals surface area contributed by atoms with Crippen molar-refractivity contribution in [3.05, 3.63) is 78.4 Å². The van der Waals surface area contributed by atoms with Crippen LogP contribution in [0.5, 0.6) is 0 Å². The molecular weight excluding hydrogens is 280 g/mol. The van der Waals surface area contributed by atoms with Crippen LogP contribution in [0.15, 0.2) is 67.3 Å². The third-order valence-corrected chi connectivity index (χ3v) is 5.03. The van der Waals surface area contributed by atoms with E-state index in [9.17, 15) is 0 Å². The number of benzene rings is 1. The van der Waals surface area contributed by atoms with E-state index in [2.05, 4.69) is 97.2 Å². The number of rotatable bonds is 2. The van der Waals surface area contributed by atoms with Crippen molar-refractivity contribution in [1.82, 2.24) is 0 Å². The summed E-state index contributed by atoms with van der Waals surface area (Å²) >= 11 is 0. The fraction of sp³-hybridized carbons (Fsp3) is 0.238. The third-order valence-electron chi connectivity index (χ3n) is 5.03. The summed E-state index contributed by atoms with van der Waals surface area (Å²) < 4.78 is 4.48. The zero-order chi connectivity index (χ0) is 16.0. The second-order valence-corrected chi connectivity index (χ2v) is 6.74. The van der Waals surface area contributed by atoms with Gasteiger partial charge in [0.25, 0.3) is 0 Å². The summed E-state index contributed by atoms with van der Waals surface area (Å²) in [6.07, 6.45) is 8.95. The van der Waals surface area contributed by atoms with Gasteiger partial charge in [-0.2, -0.15) is 4.57 Å². The number of hydrogen-bond acceptors (Lipinski definition) is 0. The molecule has 2 heteroatoms. The van der Waals surface area contributed by atoms with E-state index < -0.39 is 0 Å². The molecule has 0 spiro atoms. The Hall–Kier alpha value is -2.48. The Labute approximate surface area is 137 Å². The van der Waals surface area contributed by atoms with Gasteiger partial charge >= 0.3 is 0 Å². The number of nitrogens with zero attached hydrogens (tertiary/aromatic N) is 2. The molecule has 0 fully saturated rings. The van der Waals surface area contributed by atoms with E-state index in [1.165, 1.54) is 27.9 Å². The van der Waals surface area contributed by atoms with Gasteiger partial charge in [-0.05, 0) is 18.1 Å². The van der Waals surface area contributed by atoms with Gasteiger partial charge in [0.05, 0.1) is 0 Å². The van der Waals surface area contributed by atoms with Gasteiger partial charge in [0.15, 0.2) is 24.8 Å². The van der Waals surface area contributed by atoms with Crippen molar-refractivity contribution < 1.29 is 9.13 Å². The lowest BCUT2D eigenvalue weighted by Crippen LogP contribution is -2.34. The standard InChI is InChI=1S/C21H22N2/c1-4-22-12-10-17-18-11-13-23(16-8-6-5-7-9-16)15-20(18)21(2,3)19(17)14-22/h5-15H,4H2,1-3H3/q+2. The molecule has 2 nitrogen and oxygen atoms in total. The molecule has 0 bridgehead atoms. The predicted octanol–water partition coefficient (Wildman–Crippen LogP) is 3.58. The lowest BCUT2D eigenvalue weighted by atomic mass is 9.84. The topological polar surface area (TPSA) is 7.76 Å². The Morgan fingerprint density at radius 1 is 0.826 bits per heavy atom. The van der Waals surface area contributed by atoms with Crippen LogP contribution in [0.1, 0.15) is 31.9 Å². The first-order valence-corrected chi connectivity index (χ1v) is 8.26. The number of hydrogen-bond donors (Lipinski definition) is 0. The second-order valence-electron chi connectivity index (χ2n) is 6.74. The summed E-state index contributed by atoms with van der Waals surface area (Å²) in [6.45, 7) is 7.84. The molecule has 0 unspecified atom stereocenters. The molecule has 1 aliphatic rings. The van der Waals surface area contributed by atoms with Crippen LogP contribution in [0, 0.1) is 0 Å². The molecule has 23 heavy (non-hydrogen) atoms. The highest BCUT2D eigenvalue weighted by atomic mass is 14.9. The molecule has 0 amide bonds. The van der Waals surface area contributed by atoms with Crippen molar-refractivity contribution in [1.29, 1.82) is 0 Å². The Bertz CT molecular complexity index is 880. The Balaban J connectivity index is 1.90. The molecule has 0 atom stereocenters. The van der Waals surface area contributed by atoms with Crippen LogP contribution in [-0.4, -0.2) is 0 Å². The summed E-state index contributed by atoms with van der Waals surface area (Å²) in [6, 6.07) is 15.0. The number of aromatic nitrogens is 2. The van der Waals surface area contributed by atoms with Gasteiger partial charge in [-0.3, -0.25) is 0 Å². The molecule has 0 N–H and O–H groups in total. The SMILES string of the molecule is CC[n+]1ccc2c(c1)C(C)(C)c1c[n+](-c3ccccc3)ccc1-2. The first-order valence-electron chi connectivity index (χ1n) is 8.26. The molecule has 0 saturated heterocycles. The van der Waals surface area contributed by atoms with Crippen LogP contribution in [0.4, 0.5) is 0 Å². The molecule has 0 aliphatic heterocycles. The van der Waals surface area contributed by atoms with Gasteiger partial charge in [0.1, 0.15) is 6.54 Å². The molecule has 2 aromatic heterocycles. The van der Waals surface area contributed by atoms with Crippen molar-refractivity contribution in [3.63, 3.8) is 0 Å². The summed E-state index contributed by atoms with van der Waals surface area (Å²) in [5.41, 5.74) is 6.78. The van der Waals surface area contributed by atoms with Crippen LogP contribution >= 0.6 is 0 Å². The quantitative estimate of drug-likeness (QED) is 0.639. The van der Waals surface area contributed by atoms with Crippen molar-refractivity contribution in [2.45, 2.75) is 32.7 Å². The van der Waals surface area contributed by atoms with E-state index in [-0.39, 0.29) is 5.41 Å². The van der Waals surface area contributed by atoms with Crippen LogP contribution in [-0.2, 0) is 12.0 Å². The molecule has 114 valence electrons. The first kappa shape index (κ1) is 14.1. The summed E-state index contributed by atoms with van der Waals surface area (Å²) in [5, 5.41) is 0. The van der Waals surface area contributed by atoms with Crippen LogP contribution in [0.3, 0.4) is 0 Å². The van der Waals surface area contributed by atoms with Crippen LogP contribution < -0.4 is 9.13 Å². The van der Waals surface area contributed by atoms with E-state index >= 15 is 0 Å². The van der Waals surface area contributed by atoms with Crippen LogP contribution in [0.25, 0.3) is 16.8 Å². The van der Waals surface area contributed by atoms with Crippen molar-refractivity contribution in [3.8, 4) is 16.8 Å². The maximum Gasteiger partial charge on any atom is 0.210 e. The van der Waals surface area contributed by atoms with Gasteiger partial charge in [-0.1, -0.05) is 32.0 Å². The molecule has 0 radical (unpaired) electrons. The lowest BCUT2D eigenvalue weighted by molar-refractivity contribution is -0.694. The molecular formula is C21H22N2+2. The van der Waals surface area contributed by atoms with Gasteiger partial charge in [0, 0.05) is 40.8 Å². The highest BCUT2D eigenvalue weighted by molar-refractivity contribution is 5.78. The number of pyridine rings is 2. The summed E-state index contributed by atoms with van der Waals surface area (Å²) in [7, 11) is 0.